The van der Waals surface area contributed by atoms with Crippen LogP contribution in [0.3, 0.4) is 0 Å². The lowest BCUT2D eigenvalue weighted by Crippen LogP contribution is -2.50. The largest absolute Gasteiger partial charge is 0.390 e. The van der Waals surface area contributed by atoms with Crippen molar-refractivity contribution in [3.05, 3.63) is 35.9 Å². The van der Waals surface area contributed by atoms with Crippen molar-refractivity contribution in [1.82, 2.24) is 10.2 Å². The monoisotopic (exact) mass is 377 g/mol. The molecule has 1 aliphatic heterocycles. The van der Waals surface area contributed by atoms with Crippen LogP contribution in [0.25, 0.3) is 0 Å². The minimum absolute atomic E-state index is 0. The molecular formula is C17H29Cl2N3O2. The van der Waals surface area contributed by atoms with Crippen LogP contribution in [0.2, 0.25) is 0 Å². The third-order valence-corrected chi connectivity index (χ3v) is 4.00. The van der Waals surface area contributed by atoms with Gasteiger partial charge in [0.2, 0.25) is 5.91 Å². The van der Waals surface area contributed by atoms with Gasteiger partial charge in [-0.2, -0.15) is 0 Å². The van der Waals surface area contributed by atoms with E-state index in [2.05, 4.69) is 22.3 Å². The molecule has 0 radical (unpaired) electrons. The van der Waals surface area contributed by atoms with Crippen molar-refractivity contribution in [2.45, 2.75) is 45.0 Å². The van der Waals surface area contributed by atoms with E-state index < -0.39 is 12.1 Å². The van der Waals surface area contributed by atoms with E-state index in [1.54, 1.807) is 0 Å². The van der Waals surface area contributed by atoms with E-state index in [0.29, 0.717) is 25.4 Å². The van der Waals surface area contributed by atoms with Gasteiger partial charge in [-0.3, -0.25) is 9.69 Å². The molecule has 1 amide bonds. The molecule has 0 aliphatic carbocycles. The summed E-state index contributed by atoms with van der Waals surface area (Å²) in [5.74, 6) is 0.211. The van der Waals surface area contributed by atoms with E-state index in [1.165, 1.54) is 5.56 Å². The van der Waals surface area contributed by atoms with Gasteiger partial charge in [0.25, 0.3) is 0 Å². The van der Waals surface area contributed by atoms with Gasteiger partial charge in [-0.25, -0.2) is 0 Å². The number of hydrogen-bond donors (Lipinski definition) is 3. The molecule has 24 heavy (non-hydrogen) atoms. The summed E-state index contributed by atoms with van der Waals surface area (Å²) in [7, 11) is 0. The quantitative estimate of drug-likeness (QED) is 0.702. The Morgan fingerprint density at radius 2 is 1.92 bits per heavy atom. The van der Waals surface area contributed by atoms with Gasteiger partial charge in [-0.05, 0) is 17.9 Å². The Bertz CT molecular complexity index is 488. The molecular weight excluding hydrogens is 349 g/mol. The minimum atomic E-state index is -0.543. The number of aliphatic hydroxyl groups is 1. The van der Waals surface area contributed by atoms with Crippen LogP contribution in [0.5, 0.6) is 0 Å². The SMILES string of the molecule is CC(C)CC(N)C(=O)NC1CN(Cc2ccccc2)CC1O.Cl.Cl. The zero-order valence-electron chi connectivity index (χ0n) is 14.2. The number of amides is 1. The van der Waals surface area contributed by atoms with E-state index in [4.69, 9.17) is 5.73 Å². The van der Waals surface area contributed by atoms with E-state index in [1.807, 2.05) is 32.0 Å². The summed E-state index contributed by atoms with van der Waals surface area (Å²) in [5, 5.41) is 13.0. The fraction of sp³-hybridized carbons (Fsp3) is 0.588. The van der Waals surface area contributed by atoms with Gasteiger partial charge < -0.3 is 16.2 Å². The Balaban J connectivity index is 0.00000264. The third-order valence-electron chi connectivity index (χ3n) is 4.00. The lowest BCUT2D eigenvalue weighted by Gasteiger charge is -2.20. The van der Waals surface area contributed by atoms with Crippen LogP contribution in [0.4, 0.5) is 0 Å². The molecule has 0 spiro atoms. The smallest absolute Gasteiger partial charge is 0.237 e. The van der Waals surface area contributed by atoms with Gasteiger partial charge in [-0.15, -0.1) is 24.8 Å². The first-order valence-corrected chi connectivity index (χ1v) is 7.96. The normalized spacial score (nSPS) is 21.7. The van der Waals surface area contributed by atoms with Crippen LogP contribution < -0.4 is 11.1 Å². The number of nitrogens with zero attached hydrogens (tertiary/aromatic N) is 1. The average Bonchev–Trinajstić information content (AvgIpc) is 2.79. The number of benzene rings is 1. The second kappa shape index (κ2) is 10.9. The molecule has 0 bridgehead atoms. The van der Waals surface area contributed by atoms with Crippen LogP contribution in [-0.4, -0.2) is 47.2 Å². The molecule has 2 rings (SSSR count). The van der Waals surface area contributed by atoms with Crippen LogP contribution in [0.15, 0.2) is 30.3 Å². The fourth-order valence-electron chi connectivity index (χ4n) is 2.88. The Hall–Kier alpha value is -0.850. The molecule has 3 atom stereocenters. The molecule has 0 saturated carbocycles. The predicted octanol–water partition coefficient (Wildman–Crippen LogP) is 1.56. The van der Waals surface area contributed by atoms with Gasteiger partial charge >= 0.3 is 0 Å². The molecule has 4 N–H and O–H groups in total. The first-order chi connectivity index (χ1) is 10.5. The number of carbonyl (C=O) groups is 1. The van der Waals surface area contributed by atoms with Gasteiger partial charge in [0.15, 0.2) is 0 Å². The number of carbonyl (C=O) groups excluding carboxylic acids is 1. The lowest BCUT2D eigenvalue weighted by molar-refractivity contribution is -0.123. The van der Waals surface area contributed by atoms with E-state index in [0.717, 1.165) is 6.54 Å². The first-order valence-electron chi connectivity index (χ1n) is 7.96. The molecule has 7 heteroatoms. The minimum Gasteiger partial charge on any atom is -0.390 e. The van der Waals surface area contributed by atoms with Crippen molar-refractivity contribution in [2.24, 2.45) is 11.7 Å². The average molecular weight is 378 g/mol. The molecule has 1 heterocycles. The highest BCUT2D eigenvalue weighted by Gasteiger charge is 2.33. The lowest BCUT2D eigenvalue weighted by atomic mass is 10.0. The van der Waals surface area contributed by atoms with Crippen molar-refractivity contribution in [3.8, 4) is 0 Å². The summed E-state index contributed by atoms with van der Waals surface area (Å²) in [6.45, 7) is 6.08. The number of halogens is 2. The molecule has 3 unspecified atom stereocenters. The fourth-order valence-corrected chi connectivity index (χ4v) is 2.88. The summed E-state index contributed by atoms with van der Waals surface area (Å²) in [5.41, 5.74) is 7.10. The zero-order valence-corrected chi connectivity index (χ0v) is 15.9. The Morgan fingerprint density at radius 3 is 2.50 bits per heavy atom. The van der Waals surface area contributed by atoms with Crippen molar-refractivity contribution < 1.29 is 9.90 Å². The van der Waals surface area contributed by atoms with Crippen molar-refractivity contribution >= 4 is 30.7 Å². The molecule has 1 saturated heterocycles. The summed E-state index contributed by atoms with van der Waals surface area (Å²) in [6.07, 6.45) is 0.112. The number of likely N-dealkylation sites (tertiary alicyclic amines) is 1. The molecule has 1 aliphatic rings. The van der Waals surface area contributed by atoms with Gasteiger partial charge in [0.05, 0.1) is 18.2 Å². The standard InChI is InChI=1S/C17H27N3O2.2ClH/c1-12(2)8-14(18)17(22)19-15-10-20(11-16(15)21)9-13-6-4-3-5-7-13;;/h3-7,12,14-16,21H,8-11,18H2,1-2H3,(H,19,22);2*1H. The van der Waals surface area contributed by atoms with E-state index >= 15 is 0 Å². The van der Waals surface area contributed by atoms with Crippen LogP contribution >= 0.6 is 24.8 Å². The van der Waals surface area contributed by atoms with Crippen LogP contribution in [-0.2, 0) is 11.3 Å². The number of nitrogens with one attached hydrogen (secondary N) is 1. The third kappa shape index (κ3) is 6.95. The molecule has 0 aromatic heterocycles. The zero-order chi connectivity index (χ0) is 16.1. The van der Waals surface area contributed by atoms with Crippen molar-refractivity contribution in [2.75, 3.05) is 13.1 Å². The number of aliphatic hydroxyl groups excluding tert-OH is 1. The molecule has 1 fully saturated rings. The maximum atomic E-state index is 12.1. The number of nitrogens with two attached hydrogens (primary N) is 1. The summed E-state index contributed by atoms with van der Waals surface area (Å²) in [4.78, 5) is 14.2. The van der Waals surface area contributed by atoms with Gasteiger partial charge in [-0.1, -0.05) is 44.2 Å². The predicted molar refractivity (Wildman–Crippen MR) is 102 cm³/mol. The summed E-state index contributed by atoms with van der Waals surface area (Å²) >= 11 is 0. The molecule has 1 aromatic rings. The first kappa shape index (κ1) is 23.1. The number of β-amino-alcohol motifs (C(OH)–C–C–N with tert-alkyl or cyclic N) is 1. The Morgan fingerprint density at radius 1 is 1.29 bits per heavy atom. The second-order valence-corrected chi connectivity index (χ2v) is 6.60. The highest BCUT2D eigenvalue weighted by atomic mass is 35.5. The second-order valence-electron chi connectivity index (χ2n) is 6.60. The van der Waals surface area contributed by atoms with E-state index in [-0.39, 0.29) is 36.8 Å². The summed E-state index contributed by atoms with van der Waals surface area (Å²) in [6, 6.07) is 9.39. The van der Waals surface area contributed by atoms with Gasteiger partial charge in [0, 0.05) is 19.6 Å². The maximum absolute atomic E-state index is 12.1. The van der Waals surface area contributed by atoms with Crippen LogP contribution in [0, 0.1) is 5.92 Å². The topological polar surface area (TPSA) is 78.6 Å². The molecule has 1 aromatic carbocycles. The Labute approximate surface area is 156 Å². The van der Waals surface area contributed by atoms with Crippen LogP contribution in [0.1, 0.15) is 25.8 Å². The summed E-state index contributed by atoms with van der Waals surface area (Å²) < 4.78 is 0. The number of hydrogen-bond acceptors (Lipinski definition) is 4. The molecule has 5 nitrogen and oxygen atoms in total. The highest BCUT2D eigenvalue weighted by Crippen LogP contribution is 2.14. The maximum Gasteiger partial charge on any atom is 0.237 e. The molecule has 138 valence electrons. The number of rotatable bonds is 6. The van der Waals surface area contributed by atoms with Crippen molar-refractivity contribution in [1.29, 1.82) is 0 Å². The Kier molecular flexibility index (Phi) is 10.5. The highest BCUT2D eigenvalue weighted by molar-refractivity contribution is 5.85. The van der Waals surface area contributed by atoms with Crippen molar-refractivity contribution in [3.63, 3.8) is 0 Å². The van der Waals surface area contributed by atoms with Gasteiger partial charge in [0.1, 0.15) is 0 Å². The van der Waals surface area contributed by atoms with E-state index in [9.17, 15) is 9.90 Å².